The van der Waals surface area contributed by atoms with Crippen LogP contribution in [-0.4, -0.2) is 61.2 Å². The Bertz CT molecular complexity index is 995. The van der Waals surface area contributed by atoms with Crippen molar-refractivity contribution in [3.63, 3.8) is 0 Å². The van der Waals surface area contributed by atoms with Crippen LogP contribution < -0.4 is 9.64 Å². The zero-order chi connectivity index (χ0) is 20.9. The van der Waals surface area contributed by atoms with Gasteiger partial charge in [0.2, 0.25) is 0 Å². The van der Waals surface area contributed by atoms with E-state index in [1.807, 2.05) is 54.6 Å². The fourth-order valence-electron chi connectivity index (χ4n) is 3.90. The van der Waals surface area contributed by atoms with Gasteiger partial charge < -0.3 is 14.7 Å². The molecule has 0 radical (unpaired) electrons. The summed E-state index contributed by atoms with van der Waals surface area (Å²) in [5, 5.41) is 12.7. The summed E-state index contributed by atoms with van der Waals surface area (Å²) in [5.41, 5.74) is 1.88. The first-order valence-corrected chi connectivity index (χ1v) is 10.5. The highest BCUT2D eigenvalue weighted by Gasteiger charge is 2.20. The Morgan fingerprint density at radius 3 is 2.37 bits per heavy atom. The summed E-state index contributed by atoms with van der Waals surface area (Å²) in [4.78, 5) is 16.0. The van der Waals surface area contributed by atoms with Gasteiger partial charge in [-0.25, -0.2) is 0 Å². The Kier molecular flexibility index (Phi) is 6.31. The van der Waals surface area contributed by atoms with E-state index in [1.54, 1.807) is 6.92 Å². The van der Waals surface area contributed by atoms with Crippen LogP contribution in [0.1, 0.15) is 17.3 Å². The normalized spacial score (nSPS) is 15.9. The van der Waals surface area contributed by atoms with Crippen molar-refractivity contribution in [2.45, 2.75) is 13.0 Å². The number of rotatable bonds is 7. The minimum atomic E-state index is -0.530. The SMILES string of the molecule is CC(=O)c1ccc(N2CCN(C[C@H](O)COc3ccc4ccccc4c3)CC2)cc1. The molecule has 5 nitrogen and oxygen atoms in total. The molecule has 1 N–H and O–H groups in total. The number of hydrogen-bond donors (Lipinski definition) is 1. The van der Waals surface area contributed by atoms with E-state index >= 15 is 0 Å². The standard InChI is InChI=1S/C25H28N2O3/c1-19(28)20-6-9-23(10-7-20)27-14-12-26(13-15-27)17-24(29)18-30-25-11-8-21-4-2-3-5-22(21)16-25/h2-11,16,24,29H,12-15,17-18H2,1H3/t24-/m0/s1. The van der Waals surface area contributed by atoms with Crippen molar-refractivity contribution in [3.05, 3.63) is 72.3 Å². The molecule has 0 saturated carbocycles. The topological polar surface area (TPSA) is 53.0 Å². The fourth-order valence-corrected chi connectivity index (χ4v) is 3.90. The van der Waals surface area contributed by atoms with E-state index in [-0.39, 0.29) is 12.4 Å². The lowest BCUT2D eigenvalue weighted by molar-refractivity contribution is 0.0663. The Balaban J connectivity index is 1.23. The van der Waals surface area contributed by atoms with E-state index in [0.29, 0.717) is 6.54 Å². The molecule has 4 rings (SSSR count). The summed E-state index contributed by atoms with van der Waals surface area (Å²) in [6, 6.07) is 22.0. The summed E-state index contributed by atoms with van der Waals surface area (Å²) < 4.78 is 5.82. The molecule has 0 bridgehead atoms. The van der Waals surface area contributed by atoms with Crippen LogP contribution in [0.4, 0.5) is 5.69 Å². The summed E-state index contributed by atoms with van der Waals surface area (Å²) >= 11 is 0. The van der Waals surface area contributed by atoms with Gasteiger partial charge >= 0.3 is 0 Å². The average molecular weight is 405 g/mol. The highest BCUT2D eigenvalue weighted by atomic mass is 16.5. The third kappa shape index (κ3) is 4.99. The first-order valence-electron chi connectivity index (χ1n) is 10.5. The molecule has 156 valence electrons. The fraction of sp³-hybridized carbons (Fsp3) is 0.320. The van der Waals surface area contributed by atoms with Gasteiger partial charge in [-0.3, -0.25) is 9.69 Å². The number of carbonyl (C=O) groups excluding carboxylic acids is 1. The van der Waals surface area contributed by atoms with Crippen LogP contribution in [0, 0.1) is 0 Å². The maximum Gasteiger partial charge on any atom is 0.159 e. The third-order valence-electron chi connectivity index (χ3n) is 5.64. The van der Waals surface area contributed by atoms with E-state index in [9.17, 15) is 9.90 Å². The van der Waals surface area contributed by atoms with Crippen molar-refractivity contribution in [3.8, 4) is 5.75 Å². The van der Waals surface area contributed by atoms with Crippen molar-refractivity contribution in [2.24, 2.45) is 0 Å². The average Bonchev–Trinajstić information content (AvgIpc) is 2.78. The minimum absolute atomic E-state index is 0.0891. The van der Waals surface area contributed by atoms with Crippen LogP contribution in [-0.2, 0) is 0 Å². The molecule has 1 aliphatic heterocycles. The number of aliphatic hydroxyl groups excluding tert-OH is 1. The number of ether oxygens (including phenoxy) is 1. The van der Waals surface area contributed by atoms with E-state index in [0.717, 1.165) is 48.6 Å². The van der Waals surface area contributed by atoms with Gasteiger partial charge in [0.1, 0.15) is 18.5 Å². The van der Waals surface area contributed by atoms with Gasteiger partial charge in [0, 0.05) is 44.0 Å². The number of piperazine rings is 1. The van der Waals surface area contributed by atoms with Gasteiger partial charge in [-0.1, -0.05) is 30.3 Å². The summed E-state index contributed by atoms with van der Waals surface area (Å²) in [5.74, 6) is 0.873. The van der Waals surface area contributed by atoms with E-state index < -0.39 is 6.10 Å². The molecular weight excluding hydrogens is 376 g/mol. The molecule has 0 aliphatic carbocycles. The van der Waals surface area contributed by atoms with Gasteiger partial charge in [0.15, 0.2) is 5.78 Å². The molecule has 0 aromatic heterocycles. The van der Waals surface area contributed by atoms with Crippen LogP contribution in [0.5, 0.6) is 5.75 Å². The van der Waals surface area contributed by atoms with Crippen LogP contribution in [0.15, 0.2) is 66.7 Å². The number of aliphatic hydroxyl groups is 1. The maximum atomic E-state index is 11.4. The lowest BCUT2D eigenvalue weighted by atomic mass is 10.1. The van der Waals surface area contributed by atoms with Crippen LogP contribution in [0.2, 0.25) is 0 Å². The number of nitrogens with zero attached hydrogens (tertiary/aromatic N) is 2. The number of hydrogen-bond acceptors (Lipinski definition) is 5. The van der Waals surface area contributed by atoms with Crippen molar-refractivity contribution in [2.75, 3.05) is 44.2 Å². The molecule has 1 heterocycles. The zero-order valence-corrected chi connectivity index (χ0v) is 17.3. The number of β-amino-alcohol motifs (C(OH)–C–C–N with tert-alkyl or cyclic N) is 1. The molecule has 1 fully saturated rings. The Morgan fingerprint density at radius 1 is 0.967 bits per heavy atom. The van der Waals surface area contributed by atoms with Crippen molar-refractivity contribution < 1.29 is 14.6 Å². The van der Waals surface area contributed by atoms with Gasteiger partial charge in [-0.05, 0) is 54.1 Å². The Hall–Kier alpha value is -2.89. The molecule has 1 aliphatic rings. The molecule has 3 aromatic rings. The smallest absolute Gasteiger partial charge is 0.159 e. The molecule has 30 heavy (non-hydrogen) atoms. The second-order valence-electron chi connectivity index (χ2n) is 7.86. The lowest BCUT2D eigenvalue weighted by Gasteiger charge is -2.36. The van der Waals surface area contributed by atoms with Crippen molar-refractivity contribution in [1.29, 1.82) is 0 Å². The van der Waals surface area contributed by atoms with Crippen molar-refractivity contribution in [1.82, 2.24) is 4.90 Å². The molecule has 1 saturated heterocycles. The number of carbonyl (C=O) groups is 1. The largest absolute Gasteiger partial charge is 0.491 e. The number of ketones is 1. The Morgan fingerprint density at radius 2 is 1.67 bits per heavy atom. The number of fused-ring (bicyclic) bond motifs is 1. The molecule has 0 amide bonds. The number of benzene rings is 3. The predicted molar refractivity (Wildman–Crippen MR) is 121 cm³/mol. The zero-order valence-electron chi connectivity index (χ0n) is 17.3. The quantitative estimate of drug-likeness (QED) is 0.610. The first kappa shape index (κ1) is 20.4. The van der Waals surface area contributed by atoms with Gasteiger partial charge in [-0.2, -0.15) is 0 Å². The molecule has 0 spiro atoms. The molecule has 3 aromatic carbocycles. The Labute approximate surface area is 177 Å². The summed E-state index contributed by atoms with van der Waals surface area (Å²) in [6.07, 6.45) is -0.530. The van der Waals surface area contributed by atoms with Gasteiger partial charge in [0.05, 0.1) is 0 Å². The summed E-state index contributed by atoms with van der Waals surface area (Å²) in [6.45, 7) is 6.05. The first-order chi connectivity index (χ1) is 14.6. The van der Waals surface area contributed by atoms with Gasteiger partial charge in [0.25, 0.3) is 0 Å². The second-order valence-corrected chi connectivity index (χ2v) is 7.86. The van der Waals surface area contributed by atoms with Crippen molar-refractivity contribution >= 4 is 22.2 Å². The van der Waals surface area contributed by atoms with E-state index in [4.69, 9.17) is 4.74 Å². The lowest BCUT2D eigenvalue weighted by Crippen LogP contribution is -2.49. The van der Waals surface area contributed by atoms with Crippen LogP contribution >= 0.6 is 0 Å². The second kappa shape index (κ2) is 9.28. The molecule has 5 heteroatoms. The highest BCUT2D eigenvalue weighted by Crippen LogP contribution is 2.21. The molecular formula is C25H28N2O3. The third-order valence-corrected chi connectivity index (χ3v) is 5.64. The summed E-state index contributed by atoms with van der Waals surface area (Å²) in [7, 11) is 0. The number of anilines is 1. The molecule has 1 atom stereocenters. The molecule has 0 unspecified atom stereocenters. The van der Waals surface area contributed by atoms with E-state index in [1.165, 1.54) is 5.39 Å². The maximum absolute atomic E-state index is 11.4. The van der Waals surface area contributed by atoms with Crippen LogP contribution in [0.3, 0.4) is 0 Å². The van der Waals surface area contributed by atoms with E-state index in [2.05, 4.69) is 21.9 Å². The monoisotopic (exact) mass is 404 g/mol. The minimum Gasteiger partial charge on any atom is -0.491 e. The predicted octanol–water partition coefficient (Wildman–Crippen LogP) is 3.60. The van der Waals surface area contributed by atoms with Gasteiger partial charge in [-0.15, -0.1) is 0 Å². The number of Topliss-reactive ketones (excluding diaryl/α,β-unsaturated/α-hetero) is 1. The highest BCUT2D eigenvalue weighted by molar-refractivity contribution is 5.94. The van der Waals surface area contributed by atoms with Crippen LogP contribution in [0.25, 0.3) is 10.8 Å².